The van der Waals surface area contributed by atoms with Crippen LogP contribution in [-0.4, -0.2) is 23.4 Å². The van der Waals surface area contributed by atoms with Gasteiger partial charge in [0.15, 0.2) is 0 Å². The Balaban J connectivity index is 1.66. The molecule has 136 valence electrons. The number of carbonyl (C=O) groups excluding carboxylic acids is 1. The van der Waals surface area contributed by atoms with Crippen LogP contribution in [0, 0.1) is 18.3 Å². The summed E-state index contributed by atoms with van der Waals surface area (Å²) in [5, 5.41) is 10.7. The third kappa shape index (κ3) is 3.50. The number of nitrogens with zero attached hydrogens (tertiary/aromatic N) is 3. The topological polar surface area (TPSA) is 47.3 Å². The number of halogens is 1. The SMILES string of the molecule is Cc1ccc(N2CSC3=C(C#N)[C@@H](c4cccc(Br)c4)CC(=O)N3C2)cc1. The molecule has 6 heteroatoms. The van der Waals surface area contributed by atoms with Gasteiger partial charge in [-0.2, -0.15) is 5.26 Å². The maximum Gasteiger partial charge on any atom is 0.229 e. The lowest BCUT2D eigenvalue weighted by Crippen LogP contribution is -2.47. The van der Waals surface area contributed by atoms with Crippen LogP contribution in [0.3, 0.4) is 0 Å². The zero-order valence-electron chi connectivity index (χ0n) is 14.9. The highest BCUT2D eigenvalue weighted by Crippen LogP contribution is 2.43. The molecule has 0 spiro atoms. The molecule has 1 fully saturated rings. The van der Waals surface area contributed by atoms with Crippen LogP contribution in [0.4, 0.5) is 5.69 Å². The van der Waals surface area contributed by atoms with Gasteiger partial charge in [0.1, 0.15) is 0 Å². The summed E-state index contributed by atoms with van der Waals surface area (Å²) in [6.07, 6.45) is 0.325. The number of anilines is 1. The van der Waals surface area contributed by atoms with E-state index in [1.807, 2.05) is 24.3 Å². The van der Waals surface area contributed by atoms with E-state index in [4.69, 9.17) is 0 Å². The molecule has 2 aromatic carbocycles. The van der Waals surface area contributed by atoms with Crippen molar-refractivity contribution in [2.45, 2.75) is 19.3 Å². The number of thioether (sulfide) groups is 1. The number of fused-ring (bicyclic) bond motifs is 1. The molecule has 1 amide bonds. The van der Waals surface area contributed by atoms with Crippen molar-refractivity contribution in [3.05, 3.63) is 74.7 Å². The number of aryl methyl sites for hydroxylation is 1. The first-order valence-electron chi connectivity index (χ1n) is 8.71. The summed E-state index contributed by atoms with van der Waals surface area (Å²) in [6.45, 7) is 2.55. The van der Waals surface area contributed by atoms with Crippen molar-refractivity contribution in [2.75, 3.05) is 17.4 Å². The third-order valence-corrected chi connectivity index (χ3v) is 6.59. The molecule has 0 saturated carbocycles. The van der Waals surface area contributed by atoms with Crippen molar-refractivity contribution in [3.63, 3.8) is 0 Å². The minimum atomic E-state index is -0.176. The van der Waals surface area contributed by atoms with Gasteiger partial charge in [-0.3, -0.25) is 9.69 Å². The molecule has 0 N–H and O–H groups in total. The second-order valence-electron chi connectivity index (χ2n) is 6.75. The Morgan fingerprint density at radius 1 is 1.22 bits per heavy atom. The fraction of sp³-hybridized carbons (Fsp3) is 0.238. The number of allylic oxidation sites excluding steroid dienone is 1. The molecule has 27 heavy (non-hydrogen) atoms. The van der Waals surface area contributed by atoms with E-state index in [9.17, 15) is 10.1 Å². The molecule has 2 aromatic rings. The van der Waals surface area contributed by atoms with E-state index >= 15 is 0 Å². The lowest BCUT2D eigenvalue weighted by molar-refractivity contribution is -0.129. The lowest BCUT2D eigenvalue weighted by atomic mass is 9.86. The predicted molar refractivity (Wildman–Crippen MR) is 112 cm³/mol. The highest BCUT2D eigenvalue weighted by Gasteiger charge is 2.38. The number of amides is 1. The number of hydrogen-bond donors (Lipinski definition) is 0. The van der Waals surface area contributed by atoms with Crippen LogP contribution in [0.15, 0.2) is 63.6 Å². The van der Waals surface area contributed by atoms with Gasteiger partial charge in [-0.05, 0) is 36.8 Å². The average Bonchev–Trinajstić information content (AvgIpc) is 2.68. The quantitative estimate of drug-likeness (QED) is 0.661. The number of hydrogen-bond acceptors (Lipinski definition) is 4. The summed E-state index contributed by atoms with van der Waals surface area (Å²) in [6, 6.07) is 18.6. The summed E-state index contributed by atoms with van der Waals surface area (Å²) in [5.41, 5.74) is 4.00. The Bertz CT molecular complexity index is 964. The molecule has 0 unspecified atom stereocenters. The highest BCUT2D eigenvalue weighted by atomic mass is 79.9. The number of rotatable bonds is 2. The van der Waals surface area contributed by atoms with Crippen molar-refractivity contribution in [1.82, 2.24) is 4.90 Å². The second-order valence-corrected chi connectivity index (χ2v) is 8.60. The van der Waals surface area contributed by atoms with Crippen molar-refractivity contribution in [1.29, 1.82) is 5.26 Å². The molecular formula is C21H18BrN3OS. The normalized spacial score (nSPS) is 19.7. The van der Waals surface area contributed by atoms with Gasteiger partial charge in [-0.15, -0.1) is 0 Å². The Morgan fingerprint density at radius 2 is 2.00 bits per heavy atom. The van der Waals surface area contributed by atoms with Crippen LogP contribution >= 0.6 is 27.7 Å². The van der Waals surface area contributed by atoms with Crippen LogP contribution in [0.2, 0.25) is 0 Å². The maximum atomic E-state index is 12.9. The smallest absolute Gasteiger partial charge is 0.229 e. The molecule has 0 radical (unpaired) electrons. The van der Waals surface area contributed by atoms with E-state index in [-0.39, 0.29) is 11.8 Å². The molecule has 2 aliphatic heterocycles. The summed E-state index contributed by atoms with van der Waals surface area (Å²) in [5.74, 6) is 0.612. The fourth-order valence-electron chi connectivity index (χ4n) is 3.49. The molecule has 0 aromatic heterocycles. The van der Waals surface area contributed by atoms with Crippen LogP contribution in [0.5, 0.6) is 0 Å². The molecular weight excluding hydrogens is 422 g/mol. The van der Waals surface area contributed by atoms with Gasteiger partial charge in [-0.1, -0.05) is 57.5 Å². The largest absolute Gasteiger partial charge is 0.344 e. The molecule has 1 atom stereocenters. The van der Waals surface area contributed by atoms with Crippen LogP contribution in [0.1, 0.15) is 23.5 Å². The maximum absolute atomic E-state index is 12.9. The second kappa shape index (κ2) is 7.41. The summed E-state index contributed by atoms with van der Waals surface area (Å²) < 4.78 is 0.957. The van der Waals surface area contributed by atoms with E-state index in [1.165, 1.54) is 5.56 Å². The van der Waals surface area contributed by atoms with Gasteiger partial charge in [0.2, 0.25) is 5.91 Å². The number of benzene rings is 2. The van der Waals surface area contributed by atoms with Crippen molar-refractivity contribution >= 4 is 39.3 Å². The third-order valence-electron chi connectivity index (χ3n) is 4.94. The van der Waals surface area contributed by atoms with E-state index in [1.54, 1.807) is 16.7 Å². The van der Waals surface area contributed by atoms with Crippen LogP contribution < -0.4 is 4.90 Å². The van der Waals surface area contributed by atoms with Gasteiger partial charge in [-0.25, -0.2) is 0 Å². The Labute approximate surface area is 171 Å². The summed E-state index contributed by atoms with van der Waals surface area (Å²) in [7, 11) is 0. The molecule has 0 aliphatic carbocycles. The van der Waals surface area contributed by atoms with Gasteiger partial charge in [0.05, 0.1) is 29.2 Å². The standard InChI is InChI=1S/C21H18BrN3OS/c1-14-5-7-17(8-6-14)24-12-25-20(26)10-18(15-3-2-4-16(22)9-15)19(11-23)21(25)27-13-24/h2-9,18H,10,12-13H2,1H3/t18-/m1/s1. The van der Waals surface area contributed by atoms with Crippen LogP contribution in [-0.2, 0) is 4.79 Å². The predicted octanol–water partition coefficient (Wildman–Crippen LogP) is 4.98. The van der Waals surface area contributed by atoms with Gasteiger partial charge >= 0.3 is 0 Å². The minimum absolute atomic E-state index is 0.0679. The molecule has 2 aliphatic rings. The van der Waals surface area contributed by atoms with Gasteiger partial charge in [0.25, 0.3) is 0 Å². The monoisotopic (exact) mass is 439 g/mol. The van der Waals surface area contributed by atoms with Crippen molar-refractivity contribution in [2.24, 2.45) is 0 Å². The van der Waals surface area contributed by atoms with E-state index in [0.717, 1.165) is 26.6 Å². The Morgan fingerprint density at radius 3 is 2.70 bits per heavy atom. The van der Waals surface area contributed by atoms with Gasteiger partial charge < -0.3 is 4.90 Å². The molecule has 4 rings (SSSR count). The van der Waals surface area contributed by atoms with Crippen molar-refractivity contribution in [3.8, 4) is 6.07 Å². The summed E-state index contributed by atoms with van der Waals surface area (Å²) in [4.78, 5) is 16.9. The molecule has 0 bridgehead atoms. The molecule has 2 heterocycles. The zero-order chi connectivity index (χ0) is 19.0. The highest BCUT2D eigenvalue weighted by molar-refractivity contribution is 9.10. The first-order valence-corrected chi connectivity index (χ1v) is 10.5. The minimum Gasteiger partial charge on any atom is -0.344 e. The number of carbonyl (C=O) groups is 1. The Hall–Kier alpha value is -2.23. The first-order chi connectivity index (χ1) is 13.1. The summed E-state index contributed by atoms with van der Waals surface area (Å²) >= 11 is 5.06. The van der Waals surface area contributed by atoms with Gasteiger partial charge in [0, 0.05) is 22.5 Å². The van der Waals surface area contributed by atoms with E-state index < -0.39 is 0 Å². The lowest BCUT2D eigenvalue weighted by Gasteiger charge is -2.42. The average molecular weight is 440 g/mol. The molecule has 1 saturated heterocycles. The zero-order valence-corrected chi connectivity index (χ0v) is 17.3. The molecule has 4 nitrogen and oxygen atoms in total. The Kier molecular flexibility index (Phi) is 4.98. The van der Waals surface area contributed by atoms with E-state index in [0.29, 0.717) is 18.7 Å². The van der Waals surface area contributed by atoms with Crippen molar-refractivity contribution < 1.29 is 4.79 Å². The van der Waals surface area contributed by atoms with Crippen LogP contribution in [0.25, 0.3) is 0 Å². The fourth-order valence-corrected chi connectivity index (χ4v) is 5.07. The van der Waals surface area contributed by atoms with E-state index in [2.05, 4.69) is 58.1 Å². The number of nitriles is 1. The first kappa shape index (κ1) is 18.1.